The van der Waals surface area contributed by atoms with Gasteiger partial charge in [-0.2, -0.15) is 0 Å². The van der Waals surface area contributed by atoms with E-state index < -0.39 is 18.1 Å². The molecular weight excluding hydrogens is 360 g/mol. The smallest absolute Gasteiger partial charge is 0.407 e. The first kappa shape index (κ1) is 23.2. The third kappa shape index (κ3) is 11.0. The summed E-state index contributed by atoms with van der Waals surface area (Å²) in [7, 11) is 0. The molecule has 0 unspecified atom stereocenters. The van der Waals surface area contributed by atoms with Crippen LogP contribution in [0.3, 0.4) is 0 Å². The molecule has 0 radical (unpaired) electrons. The number of benzene rings is 1. The first-order valence-electron chi connectivity index (χ1n) is 9.48. The number of aliphatic carboxylic acids is 1. The van der Waals surface area contributed by atoms with Crippen LogP contribution in [0.15, 0.2) is 42.0 Å². The second kappa shape index (κ2) is 13.4. The maximum absolute atomic E-state index is 11.9. The quantitative estimate of drug-likeness (QED) is 0.375. The summed E-state index contributed by atoms with van der Waals surface area (Å²) in [6.07, 6.45) is 3.95. The largest absolute Gasteiger partial charge is 0.480 e. The lowest BCUT2D eigenvalue weighted by molar-refractivity contribution is -0.141. The van der Waals surface area contributed by atoms with E-state index in [4.69, 9.17) is 9.84 Å². The van der Waals surface area contributed by atoms with E-state index in [1.165, 1.54) is 0 Å². The number of carbonyl (C=O) groups is 3. The number of ether oxygens (including phenoxy) is 1. The molecule has 0 aliphatic heterocycles. The van der Waals surface area contributed by atoms with E-state index in [1.54, 1.807) is 6.08 Å². The highest BCUT2D eigenvalue weighted by Gasteiger charge is 2.18. The standard InChI is InChI=1S/C21H30N2O5/c1-16(2)12-13-18(20(25)26)23-19(24)11-7-4-8-14-22-21(27)28-15-17-9-5-3-6-10-17/h3,5-6,9-10,12,18H,4,7-8,11,13-15H2,1-2H3,(H,22,27)(H,23,24)(H,25,26)/t18-/m0/s1. The van der Waals surface area contributed by atoms with Crippen LogP contribution in [0.4, 0.5) is 4.79 Å². The zero-order valence-electron chi connectivity index (χ0n) is 16.6. The molecule has 0 aliphatic carbocycles. The molecule has 7 heteroatoms. The Hall–Kier alpha value is -2.83. The molecule has 28 heavy (non-hydrogen) atoms. The van der Waals surface area contributed by atoms with Crippen LogP contribution >= 0.6 is 0 Å². The Balaban J connectivity index is 2.10. The molecular formula is C21H30N2O5. The van der Waals surface area contributed by atoms with E-state index in [2.05, 4.69) is 10.6 Å². The summed E-state index contributed by atoms with van der Waals surface area (Å²) < 4.78 is 5.10. The van der Waals surface area contributed by atoms with Crippen molar-refractivity contribution < 1.29 is 24.2 Å². The van der Waals surface area contributed by atoms with E-state index in [-0.39, 0.29) is 25.4 Å². The van der Waals surface area contributed by atoms with Gasteiger partial charge in [-0.15, -0.1) is 0 Å². The zero-order valence-corrected chi connectivity index (χ0v) is 16.6. The number of carboxylic acid groups (broad SMARTS) is 1. The minimum absolute atomic E-state index is 0.227. The molecule has 0 fully saturated rings. The van der Waals surface area contributed by atoms with E-state index >= 15 is 0 Å². The van der Waals surface area contributed by atoms with Gasteiger partial charge in [0.25, 0.3) is 0 Å². The fourth-order valence-corrected chi connectivity index (χ4v) is 2.39. The molecule has 2 amide bonds. The lowest BCUT2D eigenvalue weighted by Crippen LogP contribution is -2.40. The van der Waals surface area contributed by atoms with Crippen LogP contribution in [0, 0.1) is 0 Å². The molecule has 0 heterocycles. The molecule has 0 spiro atoms. The summed E-state index contributed by atoms with van der Waals surface area (Å²) in [6, 6.07) is 8.53. The van der Waals surface area contributed by atoms with Gasteiger partial charge in [0, 0.05) is 13.0 Å². The Kier molecular flexibility index (Phi) is 11.1. The topological polar surface area (TPSA) is 105 Å². The minimum Gasteiger partial charge on any atom is -0.480 e. The molecule has 3 N–H and O–H groups in total. The molecule has 1 aromatic carbocycles. The van der Waals surface area contributed by atoms with Crippen molar-refractivity contribution in [3.8, 4) is 0 Å². The van der Waals surface area contributed by atoms with Gasteiger partial charge in [-0.05, 0) is 38.7 Å². The number of hydrogen-bond acceptors (Lipinski definition) is 4. The lowest BCUT2D eigenvalue weighted by Gasteiger charge is -2.13. The van der Waals surface area contributed by atoms with Crippen molar-refractivity contribution in [2.75, 3.05) is 6.54 Å². The Bertz CT molecular complexity index is 654. The van der Waals surface area contributed by atoms with Gasteiger partial charge in [0.1, 0.15) is 12.6 Å². The van der Waals surface area contributed by atoms with Crippen LogP contribution in [0.25, 0.3) is 0 Å². The van der Waals surface area contributed by atoms with Gasteiger partial charge < -0.3 is 20.5 Å². The maximum atomic E-state index is 11.9. The molecule has 0 aliphatic rings. The zero-order chi connectivity index (χ0) is 20.8. The summed E-state index contributed by atoms with van der Waals surface area (Å²) in [5.41, 5.74) is 1.93. The van der Waals surface area contributed by atoms with Gasteiger partial charge in [-0.1, -0.05) is 48.4 Å². The number of unbranched alkanes of at least 4 members (excludes halogenated alkanes) is 2. The van der Waals surface area contributed by atoms with Crippen molar-refractivity contribution >= 4 is 18.0 Å². The van der Waals surface area contributed by atoms with Gasteiger partial charge in [0.15, 0.2) is 0 Å². The van der Waals surface area contributed by atoms with E-state index in [0.717, 1.165) is 17.6 Å². The van der Waals surface area contributed by atoms with Crippen LogP contribution < -0.4 is 10.6 Å². The van der Waals surface area contributed by atoms with Crippen molar-refractivity contribution in [2.24, 2.45) is 0 Å². The maximum Gasteiger partial charge on any atom is 0.407 e. The Morgan fingerprint density at radius 1 is 1.11 bits per heavy atom. The predicted octanol–water partition coefficient (Wildman–Crippen LogP) is 3.40. The van der Waals surface area contributed by atoms with Crippen molar-refractivity contribution in [3.05, 3.63) is 47.5 Å². The van der Waals surface area contributed by atoms with E-state index in [0.29, 0.717) is 19.4 Å². The number of alkyl carbamates (subject to hydrolysis) is 1. The number of carbonyl (C=O) groups excluding carboxylic acids is 2. The van der Waals surface area contributed by atoms with Gasteiger partial charge in [0.05, 0.1) is 0 Å². The highest BCUT2D eigenvalue weighted by molar-refractivity contribution is 5.83. The number of rotatable bonds is 12. The Labute approximate surface area is 166 Å². The monoisotopic (exact) mass is 390 g/mol. The average molecular weight is 390 g/mol. The van der Waals surface area contributed by atoms with Gasteiger partial charge in [-0.3, -0.25) is 4.79 Å². The van der Waals surface area contributed by atoms with Crippen LogP contribution in [-0.4, -0.2) is 35.7 Å². The Morgan fingerprint density at radius 3 is 2.46 bits per heavy atom. The lowest BCUT2D eigenvalue weighted by atomic mass is 10.1. The molecule has 0 bridgehead atoms. The third-order valence-corrected chi connectivity index (χ3v) is 3.96. The van der Waals surface area contributed by atoms with Crippen LogP contribution in [0.5, 0.6) is 0 Å². The molecule has 0 aromatic heterocycles. The van der Waals surface area contributed by atoms with Gasteiger partial charge >= 0.3 is 12.1 Å². The van der Waals surface area contributed by atoms with Crippen LogP contribution in [0.2, 0.25) is 0 Å². The molecule has 154 valence electrons. The first-order chi connectivity index (χ1) is 13.4. The second-order valence-electron chi connectivity index (χ2n) is 6.77. The number of allylic oxidation sites excluding steroid dienone is 1. The van der Waals surface area contributed by atoms with Crippen molar-refractivity contribution in [3.63, 3.8) is 0 Å². The van der Waals surface area contributed by atoms with E-state index in [1.807, 2.05) is 44.2 Å². The van der Waals surface area contributed by atoms with Gasteiger partial charge in [0.2, 0.25) is 5.91 Å². The third-order valence-electron chi connectivity index (χ3n) is 3.96. The van der Waals surface area contributed by atoms with E-state index in [9.17, 15) is 14.4 Å². The van der Waals surface area contributed by atoms with Crippen molar-refractivity contribution in [1.29, 1.82) is 0 Å². The molecule has 7 nitrogen and oxygen atoms in total. The van der Waals surface area contributed by atoms with Crippen molar-refractivity contribution in [2.45, 2.75) is 58.6 Å². The SMILES string of the molecule is CC(C)=CC[C@H](NC(=O)CCCCCNC(=O)OCc1ccccc1)C(=O)O. The van der Waals surface area contributed by atoms with Crippen LogP contribution in [-0.2, 0) is 20.9 Å². The number of nitrogens with one attached hydrogen (secondary N) is 2. The summed E-state index contributed by atoms with van der Waals surface area (Å²) in [4.78, 5) is 34.6. The van der Waals surface area contributed by atoms with Gasteiger partial charge in [-0.25, -0.2) is 9.59 Å². The fourth-order valence-electron chi connectivity index (χ4n) is 2.39. The second-order valence-corrected chi connectivity index (χ2v) is 6.77. The molecule has 0 saturated heterocycles. The highest BCUT2D eigenvalue weighted by Crippen LogP contribution is 2.04. The molecule has 0 saturated carbocycles. The fraction of sp³-hybridized carbons (Fsp3) is 0.476. The normalized spacial score (nSPS) is 11.2. The van der Waals surface area contributed by atoms with Crippen molar-refractivity contribution in [1.82, 2.24) is 10.6 Å². The highest BCUT2D eigenvalue weighted by atomic mass is 16.5. The number of amides is 2. The summed E-state index contributed by atoms with van der Waals surface area (Å²) >= 11 is 0. The molecule has 1 aromatic rings. The average Bonchev–Trinajstić information content (AvgIpc) is 2.66. The summed E-state index contributed by atoms with van der Waals surface area (Å²) in [6.45, 7) is 4.45. The molecule has 1 rings (SSSR count). The number of carboxylic acids is 1. The summed E-state index contributed by atoms with van der Waals surface area (Å²) in [5.74, 6) is -1.31. The molecule has 1 atom stereocenters. The summed E-state index contributed by atoms with van der Waals surface area (Å²) in [5, 5.41) is 14.4. The minimum atomic E-state index is -1.04. The Morgan fingerprint density at radius 2 is 1.82 bits per heavy atom. The predicted molar refractivity (Wildman–Crippen MR) is 107 cm³/mol. The number of hydrogen-bond donors (Lipinski definition) is 3. The first-order valence-corrected chi connectivity index (χ1v) is 9.48. The van der Waals surface area contributed by atoms with Crippen LogP contribution in [0.1, 0.15) is 51.5 Å².